The van der Waals surface area contributed by atoms with Crippen LogP contribution in [0, 0.1) is 6.92 Å². The van der Waals surface area contributed by atoms with E-state index >= 15 is 0 Å². The van der Waals surface area contributed by atoms with Crippen LogP contribution in [0.4, 0.5) is 5.69 Å². The fraction of sp³-hybridized carbons (Fsp3) is 0.240. The predicted octanol–water partition coefficient (Wildman–Crippen LogP) is 7.38. The van der Waals surface area contributed by atoms with Gasteiger partial charge < -0.3 is 14.2 Å². The lowest BCUT2D eigenvalue weighted by Crippen LogP contribution is -2.11. The first-order valence-corrected chi connectivity index (χ1v) is 10.3. The van der Waals surface area contributed by atoms with Gasteiger partial charge in [-0.2, -0.15) is 0 Å². The smallest absolute Gasteiger partial charge is 0.180 e. The zero-order chi connectivity index (χ0) is 21.5. The fourth-order valence-electron chi connectivity index (χ4n) is 2.76. The van der Waals surface area contributed by atoms with Crippen LogP contribution in [-0.4, -0.2) is 19.4 Å². The van der Waals surface area contributed by atoms with Crippen molar-refractivity contribution >= 4 is 23.5 Å². The van der Waals surface area contributed by atoms with Crippen LogP contribution in [0.15, 0.2) is 65.7 Å². The summed E-state index contributed by atoms with van der Waals surface area (Å²) in [5.74, 6) is 2.75. The second kappa shape index (κ2) is 10.2. The molecule has 3 aromatic carbocycles. The van der Waals surface area contributed by atoms with Crippen molar-refractivity contribution < 1.29 is 14.2 Å². The van der Waals surface area contributed by atoms with Crippen LogP contribution in [-0.2, 0) is 0 Å². The van der Waals surface area contributed by atoms with Crippen LogP contribution in [0.2, 0.25) is 5.02 Å². The highest BCUT2D eigenvalue weighted by molar-refractivity contribution is 6.32. The lowest BCUT2D eigenvalue weighted by Gasteiger charge is -2.17. The van der Waals surface area contributed by atoms with E-state index in [2.05, 4.69) is 11.9 Å². The number of halogens is 1. The Kier molecular flexibility index (Phi) is 7.36. The van der Waals surface area contributed by atoms with Gasteiger partial charge in [-0.15, -0.1) is 0 Å². The maximum atomic E-state index is 6.42. The molecule has 0 radical (unpaired) electrons. The highest BCUT2D eigenvalue weighted by Crippen LogP contribution is 2.37. The van der Waals surface area contributed by atoms with Gasteiger partial charge in [0.2, 0.25) is 0 Å². The van der Waals surface area contributed by atoms with E-state index in [-0.39, 0.29) is 6.10 Å². The van der Waals surface area contributed by atoms with Crippen molar-refractivity contribution in [1.82, 2.24) is 0 Å². The van der Waals surface area contributed by atoms with Gasteiger partial charge in [0, 0.05) is 6.21 Å². The molecule has 0 aliphatic rings. The first-order valence-electron chi connectivity index (χ1n) is 9.92. The van der Waals surface area contributed by atoms with Crippen LogP contribution in [0.5, 0.6) is 23.0 Å². The number of hydrogen-bond acceptors (Lipinski definition) is 4. The highest BCUT2D eigenvalue weighted by Gasteiger charge is 2.14. The standard InChI is InChI=1S/C25H26ClNO3/c1-5-18(3)29-25-22(26)14-19(15-24(25)28-4)16-27-20-10-12-21(13-11-20)30-23-9-7-6-8-17(23)2/h6-16,18H,5H2,1-4H3/t18-/m0/s1. The lowest BCUT2D eigenvalue weighted by atomic mass is 10.2. The van der Waals surface area contributed by atoms with Crippen LogP contribution in [0.3, 0.4) is 0 Å². The Balaban J connectivity index is 1.74. The molecule has 0 saturated carbocycles. The average Bonchev–Trinajstić information content (AvgIpc) is 2.76. The molecule has 0 unspecified atom stereocenters. The predicted molar refractivity (Wildman–Crippen MR) is 123 cm³/mol. The van der Waals surface area contributed by atoms with Crippen LogP contribution in [0.25, 0.3) is 0 Å². The maximum Gasteiger partial charge on any atom is 0.180 e. The van der Waals surface area contributed by atoms with E-state index in [1.54, 1.807) is 13.3 Å². The van der Waals surface area contributed by atoms with Crippen molar-refractivity contribution in [1.29, 1.82) is 0 Å². The zero-order valence-electron chi connectivity index (χ0n) is 17.7. The number of benzene rings is 3. The minimum Gasteiger partial charge on any atom is -0.493 e. The molecule has 0 amide bonds. The molecule has 0 saturated heterocycles. The Morgan fingerprint density at radius 3 is 2.43 bits per heavy atom. The molecule has 3 rings (SSSR count). The van der Waals surface area contributed by atoms with Crippen molar-refractivity contribution in [2.24, 2.45) is 4.99 Å². The molecule has 5 heteroatoms. The van der Waals surface area contributed by atoms with Crippen molar-refractivity contribution in [3.8, 4) is 23.0 Å². The van der Waals surface area contributed by atoms with Crippen molar-refractivity contribution in [2.75, 3.05) is 7.11 Å². The quantitative estimate of drug-likeness (QED) is 0.355. The molecule has 156 valence electrons. The molecule has 0 aliphatic heterocycles. The number of para-hydroxylation sites is 1. The van der Waals surface area contributed by atoms with Crippen LogP contribution >= 0.6 is 11.6 Å². The summed E-state index contributed by atoms with van der Waals surface area (Å²) < 4.78 is 17.3. The molecular weight excluding hydrogens is 398 g/mol. The molecule has 0 heterocycles. The first kappa shape index (κ1) is 21.7. The zero-order valence-corrected chi connectivity index (χ0v) is 18.4. The summed E-state index contributed by atoms with van der Waals surface area (Å²) in [6.45, 7) is 6.08. The van der Waals surface area contributed by atoms with Gasteiger partial charge in [-0.25, -0.2) is 0 Å². The van der Waals surface area contributed by atoms with Gasteiger partial charge in [0.15, 0.2) is 11.5 Å². The van der Waals surface area contributed by atoms with Gasteiger partial charge in [-0.05, 0) is 73.9 Å². The van der Waals surface area contributed by atoms with Gasteiger partial charge in [-0.1, -0.05) is 36.7 Å². The second-order valence-electron chi connectivity index (χ2n) is 6.99. The monoisotopic (exact) mass is 423 g/mol. The van der Waals surface area contributed by atoms with Gasteiger partial charge in [0.1, 0.15) is 11.5 Å². The number of hydrogen-bond donors (Lipinski definition) is 0. The first-order chi connectivity index (χ1) is 14.5. The van der Waals surface area contributed by atoms with Crippen molar-refractivity contribution in [2.45, 2.75) is 33.3 Å². The number of aryl methyl sites for hydroxylation is 1. The molecule has 0 fully saturated rings. The third-order valence-corrected chi connectivity index (χ3v) is 4.95. The van der Waals surface area contributed by atoms with Crippen LogP contribution in [0.1, 0.15) is 31.4 Å². The molecule has 0 spiro atoms. The second-order valence-corrected chi connectivity index (χ2v) is 7.40. The summed E-state index contributed by atoms with van der Waals surface area (Å²) in [6, 6.07) is 19.2. The number of rotatable bonds is 8. The van der Waals surface area contributed by atoms with Gasteiger partial charge in [0.25, 0.3) is 0 Å². The van der Waals surface area contributed by atoms with Crippen molar-refractivity contribution in [3.63, 3.8) is 0 Å². The Morgan fingerprint density at radius 1 is 1.03 bits per heavy atom. The Bertz CT molecular complexity index is 1020. The molecule has 0 aromatic heterocycles. The van der Waals surface area contributed by atoms with E-state index in [1.165, 1.54) is 0 Å². The minimum atomic E-state index is 0.0522. The SMILES string of the molecule is CC[C@H](C)Oc1c(Cl)cc(C=Nc2ccc(Oc3ccccc3C)cc2)cc1OC. The lowest BCUT2D eigenvalue weighted by molar-refractivity contribution is 0.208. The van der Waals surface area contributed by atoms with E-state index in [4.69, 9.17) is 25.8 Å². The van der Waals surface area contributed by atoms with Crippen molar-refractivity contribution in [3.05, 3.63) is 76.8 Å². The molecule has 0 N–H and O–H groups in total. The topological polar surface area (TPSA) is 40.0 Å². The normalized spacial score (nSPS) is 12.0. The Labute approximate surface area is 183 Å². The van der Waals surface area contributed by atoms with Crippen LogP contribution < -0.4 is 14.2 Å². The third kappa shape index (κ3) is 5.55. The molecular formula is C25H26ClNO3. The number of methoxy groups -OCH3 is 1. The van der Waals surface area contributed by atoms with Gasteiger partial charge >= 0.3 is 0 Å². The van der Waals surface area contributed by atoms with E-state index in [9.17, 15) is 0 Å². The number of nitrogens with zero attached hydrogens (tertiary/aromatic N) is 1. The maximum absolute atomic E-state index is 6.42. The summed E-state index contributed by atoms with van der Waals surface area (Å²) >= 11 is 6.42. The summed E-state index contributed by atoms with van der Waals surface area (Å²) in [5.41, 5.74) is 2.72. The van der Waals surface area contributed by atoms with Gasteiger partial charge in [0.05, 0.1) is 23.9 Å². The third-order valence-electron chi connectivity index (χ3n) is 4.67. The van der Waals surface area contributed by atoms with E-state index < -0.39 is 0 Å². The summed E-state index contributed by atoms with van der Waals surface area (Å²) in [6.07, 6.45) is 2.68. The molecule has 30 heavy (non-hydrogen) atoms. The molecule has 3 aromatic rings. The fourth-order valence-corrected chi connectivity index (χ4v) is 3.02. The summed E-state index contributed by atoms with van der Waals surface area (Å²) in [4.78, 5) is 4.53. The van der Waals surface area contributed by atoms with Gasteiger partial charge in [-0.3, -0.25) is 4.99 Å². The summed E-state index contributed by atoms with van der Waals surface area (Å²) in [5, 5.41) is 0.498. The average molecular weight is 424 g/mol. The minimum absolute atomic E-state index is 0.0522. The largest absolute Gasteiger partial charge is 0.493 e. The van der Waals surface area contributed by atoms with E-state index in [0.717, 1.165) is 34.7 Å². The molecule has 0 bridgehead atoms. The highest BCUT2D eigenvalue weighted by atomic mass is 35.5. The van der Waals surface area contributed by atoms with E-state index in [0.29, 0.717) is 16.5 Å². The Hall–Kier alpha value is -2.98. The molecule has 1 atom stereocenters. The molecule has 4 nitrogen and oxygen atoms in total. The summed E-state index contributed by atoms with van der Waals surface area (Å²) in [7, 11) is 1.60. The van der Waals surface area contributed by atoms with E-state index in [1.807, 2.05) is 74.5 Å². The molecule has 0 aliphatic carbocycles. The number of ether oxygens (including phenoxy) is 3. The Morgan fingerprint density at radius 2 is 1.77 bits per heavy atom. The number of aliphatic imine (C=N–C) groups is 1.